The molecule has 0 aliphatic rings. The van der Waals surface area contributed by atoms with E-state index < -0.39 is 15.8 Å². The lowest BCUT2D eigenvalue weighted by Gasteiger charge is -2.17. The largest absolute Gasteiger partial charge is 0.468 e. The van der Waals surface area contributed by atoms with E-state index in [1.165, 1.54) is 26.3 Å². The summed E-state index contributed by atoms with van der Waals surface area (Å²) in [6.45, 7) is 1.55. The van der Waals surface area contributed by atoms with Crippen LogP contribution in [0.25, 0.3) is 0 Å². The highest BCUT2D eigenvalue weighted by Gasteiger charge is 2.23. The van der Waals surface area contributed by atoms with Crippen molar-refractivity contribution in [3.8, 4) is 0 Å². The second-order valence-electron chi connectivity index (χ2n) is 4.46. The van der Waals surface area contributed by atoms with Crippen LogP contribution in [-0.2, 0) is 16.6 Å². The molecule has 2 rings (SSSR count). The molecule has 0 aliphatic heterocycles. The summed E-state index contributed by atoms with van der Waals surface area (Å²) in [5.74, 6) is -0.147. The lowest BCUT2D eigenvalue weighted by molar-refractivity contribution is 0.406. The molecule has 0 saturated heterocycles. The number of nitrogen functional groups attached to an aromatic ring is 1. The van der Waals surface area contributed by atoms with Gasteiger partial charge < -0.3 is 10.2 Å². The third-order valence-electron chi connectivity index (χ3n) is 3.02. The van der Waals surface area contributed by atoms with Gasteiger partial charge in [0.25, 0.3) is 0 Å². The van der Waals surface area contributed by atoms with Crippen molar-refractivity contribution in [2.24, 2.45) is 0 Å². The van der Waals surface area contributed by atoms with Gasteiger partial charge in [0.2, 0.25) is 10.0 Å². The summed E-state index contributed by atoms with van der Waals surface area (Å²) in [4.78, 5) is -0.174. The Labute approximate surface area is 116 Å². The topological polar surface area (TPSA) is 76.5 Å². The number of hydrogen-bond acceptors (Lipinski definition) is 4. The Morgan fingerprint density at radius 3 is 2.65 bits per heavy atom. The van der Waals surface area contributed by atoms with Crippen molar-refractivity contribution in [3.63, 3.8) is 0 Å². The van der Waals surface area contributed by atoms with Crippen LogP contribution in [0.1, 0.15) is 11.3 Å². The van der Waals surface area contributed by atoms with E-state index in [-0.39, 0.29) is 22.7 Å². The number of nitrogens with zero attached hydrogens (tertiary/aromatic N) is 1. The summed E-state index contributed by atoms with van der Waals surface area (Å²) < 4.78 is 44.5. The van der Waals surface area contributed by atoms with Gasteiger partial charge in [-0.25, -0.2) is 12.8 Å². The van der Waals surface area contributed by atoms with E-state index in [0.29, 0.717) is 5.76 Å². The Morgan fingerprint density at radius 2 is 2.10 bits per heavy atom. The SMILES string of the molecule is Cc1c(N)cc(S(=O)(=O)N(C)Cc2ccco2)cc1F. The molecule has 1 heterocycles. The first-order valence-corrected chi connectivity index (χ1v) is 7.30. The number of halogens is 1. The van der Waals surface area contributed by atoms with Gasteiger partial charge >= 0.3 is 0 Å². The molecule has 0 aliphatic carbocycles. The van der Waals surface area contributed by atoms with E-state index in [2.05, 4.69) is 0 Å². The van der Waals surface area contributed by atoms with Crippen molar-refractivity contribution >= 4 is 15.7 Å². The molecular formula is C13H15FN2O3S. The van der Waals surface area contributed by atoms with Crippen molar-refractivity contribution < 1.29 is 17.2 Å². The third-order valence-corrected chi connectivity index (χ3v) is 4.81. The van der Waals surface area contributed by atoms with Crippen LogP contribution >= 0.6 is 0 Å². The number of sulfonamides is 1. The molecule has 0 fully saturated rings. The van der Waals surface area contributed by atoms with Gasteiger partial charge in [0.1, 0.15) is 11.6 Å². The number of anilines is 1. The molecule has 0 saturated carbocycles. The van der Waals surface area contributed by atoms with E-state index in [1.54, 1.807) is 12.1 Å². The van der Waals surface area contributed by atoms with E-state index in [4.69, 9.17) is 10.2 Å². The van der Waals surface area contributed by atoms with E-state index in [1.807, 2.05) is 0 Å². The van der Waals surface area contributed by atoms with Crippen LogP contribution in [0.15, 0.2) is 39.8 Å². The predicted molar refractivity (Wildman–Crippen MR) is 72.9 cm³/mol. The third kappa shape index (κ3) is 2.68. The Morgan fingerprint density at radius 1 is 1.40 bits per heavy atom. The maximum Gasteiger partial charge on any atom is 0.243 e. The van der Waals surface area contributed by atoms with Gasteiger partial charge in [0.15, 0.2) is 0 Å². The molecule has 0 bridgehead atoms. The van der Waals surface area contributed by atoms with Crippen LogP contribution < -0.4 is 5.73 Å². The molecule has 0 unspecified atom stereocenters. The minimum absolute atomic E-state index is 0.0603. The average molecular weight is 298 g/mol. The van der Waals surface area contributed by atoms with Crippen LogP contribution in [0.4, 0.5) is 10.1 Å². The quantitative estimate of drug-likeness (QED) is 0.877. The monoisotopic (exact) mass is 298 g/mol. The first-order valence-electron chi connectivity index (χ1n) is 5.86. The standard InChI is InChI=1S/C13H15FN2O3S/c1-9-12(14)6-11(7-13(9)15)20(17,18)16(2)8-10-4-3-5-19-10/h3-7H,8,15H2,1-2H3. The van der Waals surface area contributed by atoms with Gasteiger partial charge in [0.05, 0.1) is 17.7 Å². The van der Waals surface area contributed by atoms with Crippen molar-refractivity contribution in [2.75, 3.05) is 12.8 Å². The van der Waals surface area contributed by atoms with E-state index in [0.717, 1.165) is 10.4 Å². The number of furan rings is 1. The molecule has 0 atom stereocenters. The van der Waals surface area contributed by atoms with E-state index >= 15 is 0 Å². The molecular weight excluding hydrogens is 283 g/mol. The first-order chi connectivity index (χ1) is 9.32. The molecule has 0 amide bonds. The fourth-order valence-corrected chi connectivity index (χ4v) is 2.90. The average Bonchev–Trinajstić information content (AvgIpc) is 2.88. The first kappa shape index (κ1) is 14.5. The van der Waals surface area contributed by atoms with Crippen LogP contribution in [0.3, 0.4) is 0 Å². The number of rotatable bonds is 4. The minimum atomic E-state index is -3.82. The molecule has 7 heteroatoms. The van der Waals surface area contributed by atoms with Crippen molar-refractivity contribution in [3.05, 3.63) is 47.7 Å². The van der Waals surface area contributed by atoms with Gasteiger partial charge in [0, 0.05) is 18.3 Å². The second kappa shape index (κ2) is 5.26. The summed E-state index contributed by atoms with van der Waals surface area (Å²) >= 11 is 0. The predicted octanol–water partition coefficient (Wildman–Crippen LogP) is 2.13. The Bertz CT molecular complexity index is 688. The van der Waals surface area contributed by atoms with Crippen molar-refractivity contribution in [1.82, 2.24) is 4.31 Å². The van der Waals surface area contributed by atoms with Crippen LogP contribution in [-0.4, -0.2) is 19.8 Å². The molecule has 1 aromatic carbocycles. The molecule has 20 heavy (non-hydrogen) atoms. The zero-order valence-electron chi connectivity index (χ0n) is 11.1. The molecule has 108 valence electrons. The zero-order chi connectivity index (χ0) is 14.9. The van der Waals surface area contributed by atoms with Gasteiger partial charge in [-0.1, -0.05) is 0 Å². The van der Waals surface area contributed by atoms with Crippen LogP contribution in [0.5, 0.6) is 0 Å². The van der Waals surface area contributed by atoms with Gasteiger partial charge in [-0.15, -0.1) is 0 Å². The molecule has 0 radical (unpaired) electrons. The van der Waals surface area contributed by atoms with Gasteiger partial charge in [-0.05, 0) is 31.2 Å². The van der Waals surface area contributed by atoms with Crippen LogP contribution in [0, 0.1) is 12.7 Å². The second-order valence-corrected chi connectivity index (χ2v) is 6.50. The number of benzene rings is 1. The van der Waals surface area contributed by atoms with Gasteiger partial charge in [-0.2, -0.15) is 4.31 Å². The highest BCUT2D eigenvalue weighted by atomic mass is 32.2. The van der Waals surface area contributed by atoms with Crippen molar-refractivity contribution in [2.45, 2.75) is 18.4 Å². The summed E-state index contributed by atoms with van der Waals surface area (Å²) in [6, 6.07) is 5.56. The van der Waals surface area contributed by atoms with E-state index in [9.17, 15) is 12.8 Å². The van der Waals surface area contributed by atoms with Crippen LogP contribution in [0.2, 0.25) is 0 Å². The molecule has 1 aromatic heterocycles. The number of hydrogen-bond donors (Lipinski definition) is 1. The smallest absolute Gasteiger partial charge is 0.243 e. The highest BCUT2D eigenvalue weighted by molar-refractivity contribution is 7.89. The van der Waals surface area contributed by atoms with Crippen molar-refractivity contribution in [1.29, 1.82) is 0 Å². The highest BCUT2D eigenvalue weighted by Crippen LogP contribution is 2.24. The summed E-state index contributed by atoms with van der Waals surface area (Å²) in [5, 5.41) is 0. The lowest BCUT2D eigenvalue weighted by atomic mass is 10.2. The minimum Gasteiger partial charge on any atom is -0.468 e. The maximum absolute atomic E-state index is 13.6. The maximum atomic E-state index is 13.6. The fraction of sp³-hybridized carbons (Fsp3) is 0.231. The van der Waals surface area contributed by atoms with Gasteiger partial charge in [-0.3, -0.25) is 0 Å². The fourth-order valence-electron chi connectivity index (χ4n) is 1.71. The molecule has 0 spiro atoms. The molecule has 2 N–H and O–H groups in total. The summed E-state index contributed by atoms with van der Waals surface area (Å²) in [5.41, 5.74) is 5.95. The Hall–Kier alpha value is -1.86. The summed E-state index contributed by atoms with van der Waals surface area (Å²) in [7, 11) is -2.43. The lowest BCUT2D eigenvalue weighted by Crippen LogP contribution is -2.26. The summed E-state index contributed by atoms with van der Waals surface area (Å²) in [6.07, 6.45) is 1.46. The molecule has 2 aromatic rings. The number of nitrogens with two attached hydrogens (primary N) is 1. The normalized spacial score (nSPS) is 12.0. The Balaban J connectivity index is 2.35. The molecule has 5 nitrogen and oxygen atoms in total. The zero-order valence-corrected chi connectivity index (χ0v) is 11.9. The Kier molecular flexibility index (Phi) is 3.82.